The van der Waals surface area contributed by atoms with Gasteiger partial charge < -0.3 is 9.15 Å². The van der Waals surface area contributed by atoms with Crippen LogP contribution in [0, 0.1) is 5.82 Å². The lowest BCUT2D eigenvalue weighted by Crippen LogP contribution is -2.34. The zero-order chi connectivity index (χ0) is 30.7. The molecule has 0 aliphatic heterocycles. The molecule has 0 amide bonds. The maximum Gasteiger partial charge on any atom is 0.232 e. The van der Waals surface area contributed by atoms with E-state index in [0.29, 0.717) is 45.7 Å². The van der Waals surface area contributed by atoms with Crippen LogP contribution in [-0.4, -0.2) is 46.0 Å². The molecule has 3 aromatic carbocycles. The number of ketones is 2. The molecule has 43 heavy (non-hydrogen) atoms. The zero-order valence-electron chi connectivity index (χ0n) is 24.7. The van der Waals surface area contributed by atoms with Gasteiger partial charge in [-0.2, -0.15) is 0 Å². The number of benzene rings is 3. The van der Waals surface area contributed by atoms with Crippen molar-refractivity contribution in [2.45, 2.75) is 51.9 Å². The van der Waals surface area contributed by atoms with Crippen molar-refractivity contribution >= 4 is 38.2 Å². The van der Waals surface area contributed by atoms with Crippen LogP contribution in [-0.2, 0) is 21.2 Å². The Kier molecular flexibility index (Phi) is 9.13. The van der Waals surface area contributed by atoms with Crippen molar-refractivity contribution < 1.29 is 31.6 Å². The van der Waals surface area contributed by atoms with Gasteiger partial charge in [-0.05, 0) is 86.1 Å². The highest BCUT2D eigenvalue weighted by atomic mass is 32.2. The molecule has 7 nitrogen and oxygen atoms in total. The second-order valence-corrected chi connectivity index (χ2v) is 13.0. The van der Waals surface area contributed by atoms with E-state index >= 15 is 0 Å². The van der Waals surface area contributed by atoms with Gasteiger partial charge in [0.2, 0.25) is 10.0 Å². The smallest absolute Gasteiger partial charge is 0.232 e. The molecule has 0 radical (unpaired) electrons. The zero-order valence-corrected chi connectivity index (χ0v) is 25.5. The number of carbonyl (C=O) groups is 2. The first-order chi connectivity index (χ1) is 20.6. The molecular weight excluding hydrogens is 569 g/mol. The number of furan rings is 1. The average Bonchev–Trinajstić information content (AvgIpc) is 3.76. The number of hydrogen-bond acceptors (Lipinski definition) is 6. The molecule has 1 fully saturated rings. The van der Waals surface area contributed by atoms with Crippen LogP contribution in [0.5, 0.6) is 0 Å². The van der Waals surface area contributed by atoms with Crippen LogP contribution >= 0.6 is 0 Å². The minimum atomic E-state index is -3.67. The van der Waals surface area contributed by atoms with Crippen LogP contribution in [0.4, 0.5) is 10.1 Å². The minimum Gasteiger partial charge on any atom is -0.455 e. The SMILES string of the molecule is CCC(=O)c1c(-c2ccc(F)cc2)oc2cc(N(CCOCCCc3cccc(C(C)=O)c3)S(C)(=O)=O)c(C3CC3)cc12. The van der Waals surface area contributed by atoms with Crippen LogP contribution in [0.15, 0.2) is 65.1 Å². The van der Waals surface area contributed by atoms with Crippen LogP contribution in [0.3, 0.4) is 0 Å². The number of carbonyl (C=O) groups excluding carboxylic acids is 2. The van der Waals surface area contributed by atoms with E-state index in [1.165, 1.54) is 22.7 Å². The molecule has 0 spiro atoms. The molecule has 0 atom stereocenters. The molecule has 4 aromatic rings. The van der Waals surface area contributed by atoms with Crippen molar-refractivity contribution in [2.75, 3.05) is 30.3 Å². The summed E-state index contributed by atoms with van der Waals surface area (Å²) in [4.78, 5) is 24.8. The highest BCUT2D eigenvalue weighted by Gasteiger charge is 2.33. The number of anilines is 1. The molecule has 1 aliphatic carbocycles. The number of rotatable bonds is 14. The van der Waals surface area contributed by atoms with Crippen LogP contribution < -0.4 is 4.31 Å². The van der Waals surface area contributed by atoms with Crippen molar-refractivity contribution in [3.8, 4) is 11.3 Å². The first-order valence-electron chi connectivity index (χ1n) is 14.6. The van der Waals surface area contributed by atoms with Gasteiger partial charge in [-0.15, -0.1) is 0 Å². The van der Waals surface area contributed by atoms with E-state index in [1.54, 1.807) is 38.1 Å². The number of fused-ring (bicyclic) bond motifs is 1. The van der Waals surface area contributed by atoms with Gasteiger partial charge in [0.15, 0.2) is 11.6 Å². The highest BCUT2D eigenvalue weighted by Crippen LogP contribution is 2.48. The quantitative estimate of drug-likeness (QED) is 0.110. The summed E-state index contributed by atoms with van der Waals surface area (Å²) in [6.45, 7) is 4.08. The summed E-state index contributed by atoms with van der Waals surface area (Å²) in [5.74, 6) is 0.0636. The number of ether oxygens (including phenoxy) is 1. The van der Waals surface area contributed by atoms with Gasteiger partial charge >= 0.3 is 0 Å². The predicted molar refractivity (Wildman–Crippen MR) is 166 cm³/mol. The molecule has 0 N–H and O–H groups in total. The maximum atomic E-state index is 13.6. The summed E-state index contributed by atoms with van der Waals surface area (Å²) in [6, 6.07) is 16.9. The average molecular weight is 606 g/mol. The standard InChI is InChI=1S/C34H36FNO6S/c1-4-31(38)33-29-20-28(24-10-11-24)30(21-32(29)42-34(33)25-12-14-27(35)15-13-25)36(43(3,39)40)16-18-41-17-6-8-23-7-5-9-26(19-23)22(2)37/h5,7,9,12-15,19-21,24H,4,6,8,10-11,16-18H2,1-3H3. The summed E-state index contributed by atoms with van der Waals surface area (Å²) in [7, 11) is -3.67. The normalized spacial score (nSPS) is 13.4. The maximum absolute atomic E-state index is 13.6. The van der Waals surface area contributed by atoms with E-state index in [1.807, 2.05) is 24.3 Å². The number of nitrogens with zero attached hydrogens (tertiary/aromatic N) is 1. The predicted octanol–water partition coefficient (Wildman–Crippen LogP) is 7.33. The van der Waals surface area contributed by atoms with E-state index in [2.05, 4.69) is 0 Å². The lowest BCUT2D eigenvalue weighted by molar-refractivity contribution is 0.0987. The summed E-state index contributed by atoms with van der Waals surface area (Å²) in [6.07, 6.45) is 4.76. The third-order valence-electron chi connectivity index (χ3n) is 7.76. The molecule has 1 saturated carbocycles. The van der Waals surface area contributed by atoms with Gasteiger partial charge in [-0.3, -0.25) is 13.9 Å². The summed E-state index contributed by atoms with van der Waals surface area (Å²) in [5, 5.41) is 0.635. The molecule has 1 heterocycles. The molecule has 1 aromatic heterocycles. The Morgan fingerprint density at radius 3 is 2.44 bits per heavy atom. The van der Waals surface area contributed by atoms with Crippen molar-refractivity contribution in [1.29, 1.82) is 0 Å². The molecule has 0 unspecified atom stereocenters. The second-order valence-electron chi connectivity index (χ2n) is 11.1. The third kappa shape index (κ3) is 7.05. The van der Waals surface area contributed by atoms with Crippen molar-refractivity contribution in [1.82, 2.24) is 0 Å². The summed E-state index contributed by atoms with van der Waals surface area (Å²) >= 11 is 0. The molecule has 5 rings (SSSR count). The number of hydrogen-bond donors (Lipinski definition) is 0. The van der Waals surface area contributed by atoms with E-state index in [-0.39, 0.29) is 37.1 Å². The van der Waals surface area contributed by atoms with Gasteiger partial charge in [0.05, 0.1) is 30.7 Å². The molecule has 9 heteroatoms. The fourth-order valence-corrected chi connectivity index (χ4v) is 6.30. The third-order valence-corrected chi connectivity index (χ3v) is 8.94. The van der Waals surface area contributed by atoms with E-state index < -0.39 is 15.8 Å². The van der Waals surface area contributed by atoms with E-state index in [0.717, 1.165) is 36.8 Å². The first-order valence-corrected chi connectivity index (χ1v) is 16.5. The lowest BCUT2D eigenvalue weighted by atomic mass is 9.97. The first kappa shape index (κ1) is 30.6. The highest BCUT2D eigenvalue weighted by molar-refractivity contribution is 7.92. The van der Waals surface area contributed by atoms with Gasteiger partial charge in [0, 0.05) is 35.6 Å². The van der Waals surface area contributed by atoms with Crippen LogP contribution in [0.1, 0.15) is 77.3 Å². The van der Waals surface area contributed by atoms with Crippen LogP contribution in [0.25, 0.3) is 22.3 Å². The Hall–Kier alpha value is -3.82. The number of aryl methyl sites for hydroxylation is 1. The van der Waals surface area contributed by atoms with Gasteiger partial charge in [0.1, 0.15) is 17.2 Å². The fourth-order valence-electron chi connectivity index (χ4n) is 5.38. The Morgan fingerprint density at radius 2 is 1.79 bits per heavy atom. The van der Waals surface area contributed by atoms with E-state index in [9.17, 15) is 22.4 Å². The Morgan fingerprint density at radius 1 is 1.05 bits per heavy atom. The molecule has 226 valence electrons. The number of halogens is 1. The Labute approximate surface area is 251 Å². The summed E-state index contributed by atoms with van der Waals surface area (Å²) < 4.78 is 53.2. The van der Waals surface area contributed by atoms with Gasteiger partial charge in [-0.25, -0.2) is 12.8 Å². The molecule has 1 aliphatic rings. The lowest BCUT2D eigenvalue weighted by Gasteiger charge is -2.25. The topological polar surface area (TPSA) is 93.9 Å². The van der Waals surface area contributed by atoms with Gasteiger partial charge in [0.25, 0.3) is 0 Å². The second kappa shape index (κ2) is 12.8. The van der Waals surface area contributed by atoms with E-state index in [4.69, 9.17) is 9.15 Å². The van der Waals surface area contributed by atoms with Crippen LogP contribution in [0.2, 0.25) is 0 Å². The number of Topliss-reactive ketones (excluding diaryl/α,β-unsaturated/α-hetero) is 2. The Balaban J connectivity index is 1.39. The summed E-state index contributed by atoms with van der Waals surface area (Å²) in [5.41, 5.74) is 4.52. The molecule has 0 saturated heterocycles. The van der Waals surface area contributed by atoms with Gasteiger partial charge in [-0.1, -0.05) is 25.1 Å². The largest absolute Gasteiger partial charge is 0.455 e. The molecule has 0 bridgehead atoms. The van der Waals surface area contributed by atoms with Crippen molar-refractivity contribution in [3.63, 3.8) is 0 Å². The molecular formula is C34H36FNO6S. The fraction of sp³-hybridized carbons (Fsp3) is 0.353. The van der Waals surface area contributed by atoms with Crippen molar-refractivity contribution in [2.24, 2.45) is 0 Å². The minimum absolute atomic E-state index is 0.0251. The Bertz CT molecular complexity index is 1760. The number of sulfonamides is 1. The van der Waals surface area contributed by atoms with Crippen molar-refractivity contribution in [3.05, 3.63) is 88.7 Å². The monoisotopic (exact) mass is 605 g/mol.